The average Bonchev–Trinajstić information content (AvgIpc) is 3.00. The number of ether oxygens (including phenoxy) is 1. The lowest BCUT2D eigenvalue weighted by Gasteiger charge is -2.30. The zero-order valence-electron chi connectivity index (χ0n) is 13.5. The highest BCUT2D eigenvalue weighted by molar-refractivity contribution is 7.80. The average molecular weight is 337 g/mol. The van der Waals surface area contributed by atoms with Crippen molar-refractivity contribution in [3.8, 4) is 5.75 Å². The molecule has 0 bridgehead atoms. The number of fused-ring (bicyclic) bond motifs is 3. The van der Waals surface area contributed by atoms with Crippen molar-refractivity contribution in [2.24, 2.45) is 0 Å². The lowest BCUT2D eigenvalue weighted by Crippen LogP contribution is -2.38. The fourth-order valence-electron chi connectivity index (χ4n) is 3.31. The van der Waals surface area contributed by atoms with Crippen LogP contribution in [0, 0.1) is 0 Å². The van der Waals surface area contributed by atoms with E-state index in [1.165, 1.54) is 22.2 Å². The Kier molecular flexibility index (Phi) is 3.86. The monoisotopic (exact) mass is 337 g/mol. The molecule has 2 aromatic carbocycles. The van der Waals surface area contributed by atoms with Crippen molar-refractivity contribution in [3.05, 3.63) is 59.8 Å². The van der Waals surface area contributed by atoms with Gasteiger partial charge in [0.05, 0.1) is 19.3 Å². The first-order valence-corrected chi connectivity index (χ1v) is 8.44. The van der Waals surface area contributed by atoms with Gasteiger partial charge in [0.25, 0.3) is 0 Å². The molecule has 2 heterocycles. The lowest BCUT2D eigenvalue weighted by molar-refractivity contribution is 0.395. The van der Waals surface area contributed by atoms with Gasteiger partial charge in [0.15, 0.2) is 5.11 Å². The Bertz CT molecular complexity index is 903. The van der Waals surface area contributed by atoms with Gasteiger partial charge in [-0.05, 0) is 42.4 Å². The van der Waals surface area contributed by atoms with Gasteiger partial charge in [-0.3, -0.25) is 0 Å². The highest BCUT2D eigenvalue weighted by Gasteiger charge is 2.22. The van der Waals surface area contributed by atoms with E-state index in [1.807, 2.05) is 24.3 Å². The van der Waals surface area contributed by atoms with Crippen molar-refractivity contribution < 1.29 is 4.74 Å². The van der Waals surface area contributed by atoms with Crippen molar-refractivity contribution in [3.63, 3.8) is 0 Å². The number of benzene rings is 2. The van der Waals surface area contributed by atoms with Gasteiger partial charge in [-0.2, -0.15) is 0 Å². The van der Waals surface area contributed by atoms with Crippen LogP contribution in [0.1, 0.15) is 11.3 Å². The number of aromatic nitrogens is 1. The third-order valence-electron chi connectivity index (χ3n) is 4.52. The van der Waals surface area contributed by atoms with Gasteiger partial charge in [-0.25, -0.2) is 0 Å². The molecule has 0 spiro atoms. The van der Waals surface area contributed by atoms with Crippen molar-refractivity contribution in [2.75, 3.05) is 19.0 Å². The summed E-state index contributed by atoms with van der Waals surface area (Å²) in [5, 5.41) is 5.37. The number of aromatic amines is 1. The summed E-state index contributed by atoms with van der Waals surface area (Å²) in [6.45, 7) is 1.71. The molecule has 24 heavy (non-hydrogen) atoms. The van der Waals surface area contributed by atoms with Crippen LogP contribution in [0.15, 0.2) is 48.5 Å². The number of nitrogens with zero attached hydrogens (tertiary/aromatic N) is 1. The molecule has 0 saturated carbocycles. The van der Waals surface area contributed by atoms with Crippen LogP contribution in [0.2, 0.25) is 0 Å². The van der Waals surface area contributed by atoms with Gasteiger partial charge >= 0.3 is 0 Å². The van der Waals surface area contributed by atoms with Crippen molar-refractivity contribution >= 4 is 33.9 Å². The summed E-state index contributed by atoms with van der Waals surface area (Å²) in [5.41, 5.74) is 4.77. The molecule has 122 valence electrons. The Labute approximate surface area is 146 Å². The van der Waals surface area contributed by atoms with Gasteiger partial charge in [-0.15, -0.1) is 0 Å². The molecule has 1 aliphatic heterocycles. The molecule has 0 aliphatic carbocycles. The fourth-order valence-corrected chi connectivity index (χ4v) is 3.57. The van der Waals surface area contributed by atoms with Crippen molar-refractivity contribution in [2.45, 2.75) is 13.0 Å². The summed E-state index contributed by atoms with van der Waals surface area (Å²) < 4.78 is 5.38. The Morgan fingerprint density at radius 3 is 2.83 bits per heavy atom. The molecule has 0 saturated heterocycles. The Morgan fingerprint density at radius 1 is 1.17 bits per heavy atom. The van der Waals surface area contributed by atoms with E-state index in [0.29, 0.717) is 0 Å². The predicted octanol–water partition coefficient (Wildman–Crippen LogP) is 3.93. The molecule has 4 rings (SSSR count). The highest BCUT2D eigenvalue weighted by atomic mass is 32.1. The third kappa shape index (κ3) is 2.61. The molecular formula is C19H19N3OS. The largest absolute Gasteiger partial charge is 0.495 e. The maximum Gasteiger partial charge on any atom is 0.173 e. The maximum atomic E-state index is 5.62. The SMILES string of the molecule is COc1ccccc1NC(=S)N1CCc2c([nH]c3ccccc23)C1. The van der Waals surface area contributed by atoms with E-state index < -0.39 is 0 Å². The smallest absolute Gasteiger partial charge is 0.173 e. The molecule has 2 N–H and O–H groups in total. The number of hydrogen-bond donors (Lipinski definition) is 2. The van der Waals surface area contributed by atoms with Crippen LogP contribution in [0.3, 0.4) is 0 Å². The first-order chi connectivity index (χ1) is 11.8. The predicted molar refractivity (Wildman–Crippen MR) is 102 cm³/mol. The van der Waals surface area contributed by atoms with Crippen LogP contribution in [-0.4, -0.2) is 28.7 Å². The first kappa shape index (κ1) is 15.0. The molecule has 1 aromatic heterocycles. The molecule has 4 nitrogen and oxygen atoms in total. The number of rotatable bonds is 2. The van der Waals surface area contributed by atoms with Gasteiger partial charge in [-0.1, -0.05) is 30.3 Å². The van der Waals surface area contributed by atoms with Gasteiger partial charge < -0.3 is 19.9 Å². The maximum absolute atomic E-state index is 5.62. The fraction of sp³-hybridized carbons (Fsp3) is 0.211. The zero-order valence-corrected chi connectivity index (χ0v) is 14.3. The number of nitrogens with one attached hydrogen (secondary N) is 2. The molecule has 0 fully saturated rings. The zero-order chi connectivity index (χ0) is 16.5. The van der Waals surface area contributed by atoms with Crippen molar-refractivity contribution in [1.82, 2.24) is 9.88 Å². The van der Waals surface area contributed by atoms with E-state index in [4.69, 9.17) is 17.0 Å². The number of H-pyrrole nitrogens is 1. The number of anilines is 1. The van der Waals surface area contributed by atoms with Crippen LogP contribution in [0.5, 0.6) is 5.75 Å². The number of thiocarbonyl (C=S) groups is 1. The number of methoxy groups -OCH3 is 1. The van der Waals surface area contributed by atoms with Gasteiger partial charge in [0, 0.05) is 23.1 Å². The molecule has 0 radical (unpaired) electrons. The van der Waals surface area contributed by atoms with Crippen molar-refractivity contribution in [1.29, 1.82) is 0 Å². The lowest BCUT2D eigenvalue weighted by atomic mass is 10.0. The van der Waals surface area contributed by atoms with E-state index >= 15 is 0 Å². The van der Waals surface area contributed by atoms with Crippen LogP contribution < -0.4 is 10.1 Å². The normalized spacial score (nSPS) is 13.6. The van der Waals surface area contributed by atoms with E-state index in [0.717, 1.165) is 36.1 Å². The van der Waals surface area contributed by atoms with Gasteiger partial charge in [0.2, 0.25) is 0 Å². The summed E-state index contributed by atoms with van der Waals surface area (Å²) in [6.07, 6.45) is 0.993. The molecule has 3 aromatic rings. The minimum atomic E-state index is 0.726. The number of para-hydroxylation sites is 3. The summed E-state index contributed by atoms with van der Waals surface area (Å²) in [7, 11) is 1.67. The minimum Gasteiger partial charge on any atom is -0.495 e. The highest BCUT2D eigenvalue weighted by Crippen LogP contribution is 2.28. The van der Waals surface area contributed by atoms with Gasteiger partial charge in [0.1, 0.15) is 5.75 Å². The first-order valence-electron chi connectivity index (χ1n) is 8.03. The Hall–Kier alpha value is -2.53. The summed E-state index contributed by atoms with van der Waals surface area (Å²) in [6, 6.07) is 16.3. The topological polar surface area (TPSA) is 40.3 Å². The van der Waals surface area contributed by atoms with E-state index in [-0.39, 0.29) is 0 Å². The van der Waals surface area contributed by atoms with E-state index in [2.05, 4.69) is 39.5 Å². The number of hydrogen-bond acceptors (Lipinski definition) is 2. The molecule has 5 heteroatoms. The summed E-state index contributed by atoms with van der Waals surface area (Å²) in [5.74, 6) is 0.795. The van der Waals surface area contributed by atoms with Crippen LogP contribution >= 0.6 is 12.2 Å². The molecular weight excluding hydrogens is 318 g/mol. The van der Waals surface area contributed by atoms with Crippen LogP contribution in [0.25, 0.3) is 10.9 Å². The summed E-state index contributed by atoms with van der Waals surface area (Å²) in [4.78, 5) is 5.73. The molecule has 1 aliphatic rings. The Morgan fingerprint density at radius 2 is 1.96 bits per heavy atom. The molecule has 0 amide bonds. The Balaban J connectivity index is 1.55. The second-order valence-electron chi connectivity index (χ2n) is 5.93. The molecule has 0 atom stereocenters. The second-order valence-corrected chi connectivity index (χ2v) is 6.32. The van der Waals surface area contributed by atoms with E-state index in [1.54, 1.807) is 7.11 Å². The quantitative estimate of drug-likeness (QED) is 0.695. The van der Waals surface area contributed by atoms with Crippen LogP contribution in [-0.2, 0) is 13.0 Å². The minimum absolute atomic E-state index is 0.726. The summed E-state index contributed by atoms with van der Waals surface area (Å²) >= 11 is 5.62. The van der Waals surface area contributed by atoms with Crippen LogP contribution in [0.4, 0.5) is 5.69 Å². The molecule has 0 unspecified atom stereocenters. The second kappa shape index (κ2) is 6.17. The van der Waals surface area contributed by atoms with E-state index in [9.17, 15) is 0 Å². The third-order valence-corrected chi connectivity index (χ3v) is 4.88. The standard InChI is InChI=1S/C19H19N3OS/c1-23-18-9-5-4-8-16(18)21-19(24)22-11-10-14-13-6-2-3-7-15(13)20-17(14)12-22/h2-9,20H,10-12H2,1H3,(H,21,24).